The summed E-state index contributed by atoms with van der Waals surface area (Å²) in [6, 6.07) is 7.84. The molecule has 1 aliphatic rings. The number of carbonyl (C=O) groups is 1. The van der Waals surface area contributed by atoms with E-state index in [1.807, 2.05) is 36.7 Å². The van der Waals surface area contributed by atoms with Crippen LogP contribution in [0.1, 0.15) is 36.6 Å². The van der Waals surface area contributed by atoms with Crippen LogP contribution in [-0.4, -0.2) is 29.1 Å². The second-order valence-electron chi connectivity index (χ2n) is 5.95. The number of nitrogens with zero attached hydrogens (tertiary/aromatic N) is 2. The highest BCUT2D eigenvalue weighted by Gasteiger charge is 2.27. The Balaban J connectivity index is 1.38. The van der Waals surface area contributed by atoms with E-state index in [0.29, 0.717) is 18.9 Å². The molecule has 1 fully saturated rings. The molecular formula is C18H23N3O2. The van der Waals surface area contributed by atoms with Gasteiger partial charge in [0.15, 0.2) is 0 Å². The molecule has 1 amide bonds. The number of nitrogens with one attached hydrogen (secondary N) is 1. The third kappa shape index (κ3) is 4.34. The number of methoxy groups -OCH3 is 1. The molecule has 1 heterocycles. The molecule has 0 unspecified atom stereocenters. The average molecular weight is 313 g/mol. The molecule has 0 spiro atoms. The predicted octanol–water partition coefficient (Wildman–Crippen LogP) is 2.52. The molecule has 23 heavy (non-hydrogen) atoms. The van der Waals surface area contributed by atoms with Gasteiger partial charge in [-0.2, -0.15) is 0 Å². The molecular weight excluding hydrogens is 290 g/mol. The van der Waals surface area contributed by atoms with Crippen LogP contribution in [0.15, 0.2) is 36.7 Å². The molecule has 5 nitrogen and oxygen atoms in total. The lowest BCUT2D eigenvalue weighted by molar-refractivity contribution is -0.121. The summed E-state index contributed by atoms with van der Waals surface area (Å²) >= 11 is 0. The maximum absolute atomic E-state index is 11.9. The monoisotopic (exact) mass is 313 g/mol. The molecule has 1 saturated carbocycles. The van der Waals surface area contributed by atoms with Crippen LogP contribution < -0.4 is 10.1 Å². The number of aromatic nitrogens is 2. The van der Waals surface area contributed by atoms with E-state index in [0.717, 1.165) is 30.1 Å². The zero-order valence-electron chi connectivity index (χ0n) is 13.5. The van der Waals surface area contributed by atoms with Gasteiger partial charge in [0.05, 0.1) is 7.11 Å². The van der Waals surface area contributed by atoms with Gasteiger partial charge in [-0.15, -0.1) is 0 Å². The van der Waals surface area contributed by atoms with Gasteiger partial charge in [0.2, 0.25) is 5.91 Å². The van der Waals surface area contributed by atoms with E-state index in [4.69, 9.17) is 4.74 Å². The van der Waals surface area contributed by atoms with Gasteiger partial charge in [0.1, 0.15) is 11.6 Å². The summed E-state index contributed by atoms with van der Waals surface area (Å²) in [5.41, 5.74) is 1.14. The first-order valence-electron chi connectivity index (χ1n) is 8.17. The Morgan fingerprint density at radius 2 is 2.13 bits per heavy atom. The molecule has 0 saturated heterocycles. The third-order valence-electron chi connectivity index (χ3n) is 4.16. The molecule has 0 atom stereocenters. The minimum atomic E-state index is 0.0916. The molecule has 1 N–H and O–H groups in total. The van der Waals surface area contributed by atoms with Gasteiger partial charge in [0, 0.05) is 37.8 Å². The minimum Gasteiger partial charge on any atom is -0.497 e. The van der Waals surface area contributed by atoms with Crippen LogP contribution in [0.5, 0.6) is 5.75 Å². The molecule has 5 heteroatoms. The average Bonchev–Trinajstić information content (AvgIpc) is 3.32. The van der Waals surface area contributed by atoms with E-state index >= 15 is 0 Å². The van der Waals surface area contributed by atoms with Crippen molar-refractivity contribution in [1.29, 1.82) is 0 Å². The van der Waals surface area contributed by atoms with Gasteiger partial charge in [-0.05, 0) is 37.0 Å². The fourth-order valence-corrected chi connectivity index (χ4v) is 2.67. The standard InChI is InChI=1S/C18H23N3O2/c1-23-16-7-2-14(3-8-16)4-9-17(22)19-10-12-21-13-11-20-18(21)15-5-6-15/h2-3,7-8,11,13,15H,4-6,9-10,12H2,1H3,(H,19,22). The van der Waals surface area contributed by atoms with E-state index in [-0.39, 0.29) is 5.91 Å². The van der Waals surface area contributed by atoms with Crippen molar-refractivity contribution in [2.75, 3.05) is 13.7 Å². The van der Waals surface area contributed by atoms with E-state index in [9.17, 15) is 4.79 Å². The highest BCUT2D eigenvalue weighted by Crippen LogP contribution is 2.38. The normalized spacial score (nSPS) is 13.8. The van der Waals surface area contributed by atoms with Crippen molar-refractivity contribution in [3.8, 4) is 5.75 Å². The zero-order chi connectivity index (χ0) is 16.1. The highest BCUT2D eigenvalue weighted by molar-refractivity contribution is 5.76. The number of amides is 1. The van der Waals surface area contributed by atoms with Gasteiger partial charge in [-0.25, -0.2) is 4.98 Å². The number of carbonyl (C=O) groups excluding carboxylic acids is 1. The number of hydrogen-bond donors (Lipinski definition) is 1. The summed E-state index contributed by atoms with van der Waals surface area (Å²) in [6.45, 7) is 1.44. The summed E-state index contributed by atoms with van der Waals surface area (Å²) in [6.07, 6.45) is 7.58. The fourth-order valence-electron chi connectivity index (χ4n) is 2.67. The summed E-state index contributed by atoms with van der Waals surface area (Å²) in [5.74, 6) is 2.73. The topological polar surface area (TPSA) is 56.1 Å². The maximum Gasteiger partial charge on any atom is 0.220 e. The maximum atomic E-state index is 11.9. The molecule has 2 aromatic rings. The van der Waals surface area contributed by atoms with E-state index in [2.05, 4.69) is 14.9 Å². The first kappa shape index (κ1) is 15.6. The van der Waals surface area contributed by atoms with Crippen LogP contribution in [0, 0.1) is 0 Å². The highest BCUT2D eigenvalue weighted by atomic mass is 16.5. The quantitative estimate of drug-likeness (QED) is 0.815. The van der Waals surface area contributed by atoms with Gasteiger partial charge < -0.3 is 14.6 Å². The number of hydrogen-bond acceptors (Lipinski definition) is 3. The molecule has 3 rings (SSSR count). The van der Waals surface area contributed by atoms with Crippen LogP contribution in [0.25, 0.3) is 0 Å². The molecule has 1 aromatic carbocycles. The molecule has 0 aliphatic heterocycles. The Morgan fingerprint density at radius 1 is 1.35 bits per heavy atom. The lowest BCUT2D eigenvalue weighted by atomic mass is 10.1. The van der Waals surface area contributed by atoms with Crippen LogP contribution in [-0.2, 0) is 17.8 Å². The van der Waals surface area contributed by atoms with Crippen LogP contribution in [0.3, 0.4) is 0 Å². The Hall–Kier alpha value is -2.30. The first-order chi connectivity index (χ1) is 11.3. The largest absolute Gasteiger partial charge is 0.497 e. The van der Waals surface area contributed by atoms with Crippen molar-refractivity contribution in [3.05, 3.63) is 48.0 Å². The minimum absolute atomic E-state index is 0.0916. The molecule has 122 valence electrons. The Kier molecular flexibility index (Phi) is 4.95. The molecule has 0 bridgehead atoms. The van der Waals surface area contributed by atoms with E-state index in [1.165, 1.54) is 12.8 Å². The van der Waals surface area contributed by atoms with Crippen molar-refractivity contribution in [3.63, 3.8) is 0 Å². The Morgan fingerprint density at radius 3 is 2.83 bits per heavy atom. The van der Waals surface area contributed by atoms with Crippen molar-refractivity contribution < 1.29 is 9.53 Å². The molecule has 1 aromatic heterocycles. The summed E-state index contributed by atoms with van der Waals surface area (Å²) in [7, 11) is 1.65. The Labute approximate surface area is 136 Å². The van der Waals surface area contributed by atoms with Gasteiger partial charge in [-0.3, -0.25) is 4.79 Å². The smallest absolute Gasteiger partial charge is 0.220 e. The van der Waals surface area contributed by atoms with Gasteiger partial charge in [0.25, 0.3) is 0 Å². The lowest BCUT2D eigenvalue weighted by Gasteiger charge is -2.09. The number of benzene rings is 1. The molecule has 1 aliphatic carbocycles. The van der Waals surface area contributed by atoms with Crippen LogP contribution >= 0.6 is 0 Å². The second-order valence-corrected chi connectivity index (χ2v) is 5.95. The van der Waals surface area contributed by atoms with Crippen LogP contribution in [0.4, 0.5) is 0 Å². The number of ether oxygens (including phenoxy) is 1. The van der Waals surface area contributed by atoms with Crippen molar-refractivity contribution in [2.24, 2.45) is 0 Å². The SMILES string of the molecule is COc1ccc(CCC(=O)NCCn2ccnc2C2CC2)cc1. The van der Waals surface area contributed by atoms with Crippen LogP contribution in [0.2, 0.25) is 0 Å². The number of imidazole rings is 1. The zero-order valence-corrected chi connectivity index (χ0v) is 13.5. The number of aryl methyl sites for hydroxylation is 1. The summed E-state index contributed by atoms with van der Waals surface area (Å²) < 4.78 is 7.28. The molecule has 0 radical (unpaired) electrons. The summed E-state index contributed by atoms with van der Waals surface area (Å²) in [5, 5.41) is 2.99. The van der Waals surface area contributed by atoms with E-state index < -0.39 is 0 Å². The summed E-state index contributed by atoms with van der Waals surface area (Å²) in [4.78, 5) is 16.3. The van der Waals surface area contributed by atoms with E-state index in [1.54, 1.807) is 7.11 Å². The van der Waals surface area contributed by atoms with Crippen molar-refractivity contribution in [2.45, 2.75) is 38.1 Å². The lowest BCUT2D eigenvalue weighted by Crippen LogP contribution is -2.27. The first-order valence-corrected chi connectivity index (χ1v) is 8.17. The fraction of sp³-hybridized carbons (Fsp3) is 0.444. The van der Waals surface area contributed by atoms with Gasteiger partial charge >= 0.3 is 0 Å². The predicted molar refractivity (Wildman–Crippen MR) is 88.5 cm³/mol. The number of rotatable bonds is 8. The second kappa shape index (κ2) is 7.31. The Bertz CT molecular complexity index is 645. The third-order valence-corrected chi connectivity index (χ3v) is 4.16. The van der Waals surface area contributed by atoms with Gasteiger partial charge in [-0.1, -0.05) is 12.1 Å². The van der Waals surface area contributed by atoms with Crippen molar-refractivity contribution in [1.82, 2.24) is 14.9 Å². The van der Waals surface area contributed by atoms with Crippen molar-refractivity contribution >= 4 is 5.91 Å².